The second-order valence-electron chi connectivity index (χ2n) is 16.7. The van der Waals surface area contributed by atoms with E-state index in [0.29, 0.717) is 30.5 Å². The summed E-state index contributed by atoms with van der Waals surface area (Å²) in [6.07, 6.45) is 6.70. The van der Waals surface area contributed by atoms with Gasteiger partial charge in [-0.3, -0.25) is 14.6 Å². The molecule has 5 saturated heterocycles. The maximum atomic E-state index is 14.1. The molecular weight excluding hydrogens is 612 g/mol. The fourth-order valence-corrected chi connectivity index (χ4v) is 13.8. The smallest absolute Gasteiger partial charge is 0.133 e. The molecule has 12 rings (SSSR count). The van der Waals surface area contributed by atoms with Gasteiger partial charge in [-0.05, 0) is 100 Å². The summed E-state index contributed by atoms with van der Waals surface area (Å²) in [6, 6.07) is 14.5. The number of ketones is 1. The summed E-state index contributed by atoms with van der Waals surface area (Å²) in [6.45, 7) is 5.21. The number of carbonyl (C=O) groups is 1. The van der Waals surface area contributed by atoms with Gasteiger partial charge in [0.1, 0.15) is 11.5 Å². The monoisotopic (exact) mass is 662 g/mol. The zero-order valence-corrected chi connectivity index (χ0v) is 29.4. The zero-order chi connectivity index (χ0) is 33.7. The van der Waals surface area contributed by atoms with Gasteiger partial charge in [0.25, 0.3) is 0 Å². The van der Waals surface area contributed by atoms with Crippen LogP contribution in [0.5, 0.6) is 5.75 Å². The van der Waals surface area contributed by atoms with Gasteiger partial charge in [0.15, 0.2) is 0 Å². The number of piperidine rings is 5. The number of methoxy groups -OCH3 is 1. The zero-order valence-electron chi connectivity index (χ0n) is 29.4. The number of hydrogen-bond donors (Lipinski definition) is 3. The molecule has 0 radical (unpaired) electrons. The Hall–Kier alpha value is -3.17. The molecule has 8 nitrogen and oxygen atoms in total. The first-order chi connectivity index (χ1) is 23.7. The number of H-pyrrole nitrogens is 1. The Labute approximate surface area is 289 Å². The van der Waals surface area contributed by atoms with E-state index in [1.165, 1.54) is 39.0 Å². The number of aliphatic hydroxyl groups excluding tert-OH is 2. The molecule has 3 aromatic rings. The van der Waals surface area contributed by atoms with Crippen molar-refractivity contribution in [3.63, 3.8) is 0 Å². The number of likely N-dealkylation sites (N-methyl/N-ethyl adjacent to an activating group) is 1. The van der Waals surface area contributed by atoms with Crippen molar-refractivity contribution in [3.8, 4) is 5.75 Å². The van der Waals surface area contributed by atoms with E-state index in [1.54, 1.807) is 14.0 Å². The van der Waals surface area contributed by atoms with Crippen LogP contribution in [0.1, 0.15) is 74.0 Å². The van der Waals surface area contributed by atoms with Gasteiger partial charge in [0.2, 0.25) is 0 Å². The normalized spacial score (nSPS) is 40.7. The summed E-state index contributed by atoms with van der Waals surface area (Å²) < 4.78 is 6.21. The standard InChI is InChI=1S/C41H50N4O4/c1-6-22-18-45-33-16-28(22)41(20-47)35(45)17-40(41)37-27(34(49-5)12-11-30(37)44(4)39(33)40)14-25(21(2)48)26-15-32-38-36(24-9-7-8-10-29(24)42-38)31(43(32)3)13-23(26)19-46/h6-12,23,25-26,28,31-33,35,39,42,46-47H,13-20H2,1-5H3/b22-6+/t23-,25-,26-,28+,31+,32-,33+,35+,39+,40-,41+/m1/s1. The van der Waals surface area contributed by atoms with E-state index in [4.69, 9.17) is 4.74 Å². The van der Waals surface area contributed by atoms with Gasteiger partial charge in [0.05, 0.1) is 25.8 Å². The molecule has 258 valence electrons. The van der Waals surface area contributed by atoms with Gasteiger partial charge in [-0.1, -0.05) is 29.8 Å². The van der Waals surface area contributed by atoms with Crippen molar-refractivity contribution >= 4 is 22.4 Å². The molecule has 9 aliphatic rings. The molecule has 2 aromatic carbocycles. The summed E-state index contributed by atoms with van der Waals surface area (Å²) in [5.74, 6) is 1.20. The molecule has 2 aliphatic carbocycles. The Morgan fingerprint density at radius 2 is 1.94 bits per heavy atom. The molecule has 1 spiro atoms. The van der Waals surface area contributed by atoms with E-state index in [2.05, 4.69) is 83.2 Å². The predicted octanol–water partition coefficient (Wildman–Crippen LogP) is 5.14. The highest BCUT2D eigenvalue weighted by Gasteiger charge is 2.85. The van der Waals surface area contributed by atoms with Gasteiger partial charge in [-0.15, -0.1) is 0 Å². The van der Waals surface area contributed by atoms with Crippen molar-refractivity contribution in [2.45, 2.75) is 81.6 Å². The molecule has 49 heavy (non-hydrogen) atoms. The Balaban J connectivity index is 1.09. The van der Waals surface area contributed by atoms with E-state index in [1.807, 2.05) is 0 Å². The van der Waals surface area contributed by atoms with Crippen molar-refractivity contribution < 1.29 is 19.7 Å². The van der Waals surface area contributed by atoms with Crippen LogP contribution in [0.25, 0.3) is 10.9 Å². The Bertz CT molecular complexity index is 1940. The lowest BCUT2D eigenvalue weighted by Gasteiger charge is -2.83. The average molecular weight is 663 g/mol. The molecule has 7 fully saturated rings. The fraction of sp³-hybridized carbons (Fsp3) is 0.585. The van der Waals surface area contributed by atoms with Gasteiger partial charge in [0, 0.05) is 82.9 Å². The molecule has 7 aliphatic heterocycles. The number of carbonyl (C=O) groups excluding carboxylic acids is 1. The number of Topliss-reactive ketones (excluding diaryl/α,β-unsaturated/α-hetero) is 1. The van der Waals surface area contributed by atoms with Gasteiger partial charge < -0.3 is 24.8 Å². The van der Waals surface area contributed by atoms with Crippen molar-refractivity contribution in [2.24, 2.45) is 29.1 Å². The maximum absolute atomic E-state index is 14.1. The highest BCUT2D eigenvalue weighted by Crippen LogP contribution is 2.80. The third-order valence-electron chi connectivity index (χ3n) is 15.6. The topological polar surface area (TPSA) is 92.3 Å². The molecule has 8 bridgehead atoms. The number of aliphatic hydroxyl groups is 2. The third-order valence-corrected chi connectivity index (χ3v) is 15.6. The van der Waals surface area contributed by atoms with Crippen LogP contribution in [0.3, 0.4) is 0 Å². The number of benzene rings is 2. The first kappa shape index (κ1) is 30.6. The van der Waals surface area contributed by atoms with E-state index in [9.17, 15) is 15.0 Å². The summed E-state index contributed by atoms with van der Waals surface area (Å²) in [5.41, 5.74) is 8.65. The summed E-state index contributed by atoms with van der Waals surface area (Å²) in [5, 5.41) is 23.9. The quantitative estimate of drug-likeness (QED) is 0.302. The van der Waals surface area contributed by atoms with Crippen LogP contribution in [0, 0.1) is 29.1 Å². The third kappa shape index (κ3) is 3.39. The van der Waals surface area contributed by atoms with Crippen LogP contribution < -0.4 is 9.64 Å². The summed E-state index contributed by atoms with van der Waals surface area (Å²) >= 11 is 0. The number of nitrogens with zero attached hydrogens (tertiary/aromatic N) is 3. The number of nitrogens with one attached hydrogen (secondary N) is 1. The summed E-state index contributed by atoms with van der Waals surface area (Å²) in [4.78, 5) is 25.6. The second kappa shape index (κ2) is 10.2. The molecule has 3 N–H and O–H groups in total. The molecule has 8 heteroatoms. The van der Waals surface area contributed by atoms with Crippen LogP contribution in [0.15, 0.2) is 48.0 Å². The summed E-state index contributed by atoms with van der Waals surface area (Å²) in [7, 11) is 6.25. The lowest BCUT2D eigenvalue weighted by Crippen LogP contribution is -2.91. The number of aromatic nitrogens is 1. The first-order valence-corrected chi connectivity index (χ1v) is 18.6. The van der Waals surface area contributed by atoms with E-state index >= 15 is 0 Å². The average Bonchev–Trinajstić information content (AvgIpc) is 3.66. The molecule has 2 saturated carbocycles. The lowest BCUT2D eigenvalue weighted by atomic mass is 9.30. The van der Waals surface area contributed by atoms with E-state index in [-0.39, 0.29) is 59.7 Å². The number of hydrogen-bond acceptors (Lipinski definition) is 7. The van der Waals surface area contributed by atoms with Crippen LogP contribution in [-0.4, -0.2) is 89.9 Å². The van der Waals surface area contributed by atoms with Gasteiger partial charge in [-0.2, -0.15) is 0 Å². The number of rotatable bonds is 7. The van der Waals surface area contributed by atoms with Crippen molar-refractivity contribution in [1.82, 2.24) is 14.8 Å². The highest BCUT2D eigenvalue weighted by molar-refractivity contribution is 5.86. The first-order valence-electron chi connectivity index (χ1n) is 18.6. The largest absolute Gasteiger partial charge is 0.496 e. The number of aromatic amines is 1. The minimum absolute atomic E-state index is 0.00727. The number of ether oxygens (including phenoxy) is 1. The molecule has 1 unspecified atom stereocenters. The second-order valence-corrected chi connectivity index (χ2v) is 16.7. The number of para-hydroxylation sites is 1. The number of anilines is 1. The Morgan fingerprint density at radius 3 is 2.67 bits per heavy atom. The lowest BCUT2D eigenvalue weighted by molar-refractivity contribution is -0.282. The molecule has 0 amide bonds. The van der Waals surface area contributed by atoms with Crippen molar-refractivity contribution in [3.05, 3.63) is 70.4 Å². The van der Waals surface area contributed by atoms with Crippen LogP contribution in [-0.2, 0) is 16.6 Å². The fourth-order valence-electron chi connectivity index (χ4n) is 13.8. The number of allylic oxidation sites excluding steroid dienone is 1. The molecular formula is C41H50N4O4. The maximum Gasteiger partial charge on any atom is 0.133 e. The van der Waals surface area contributed by atoms with Crippen molar-refractivity contribution in [1.29, 1.82) is 0 Å². The van der Waals surface area contributed by atoms with Crippen LogP contribution in [0.2, 0.25) is 0 Å². The highest BCUT2D eigenvalue weighted by atomic mass is 16.5. The van der Waals surface area contributed by atoms with Crippen LogP contribution in [0.4, 0.5) is 5.69 Å². The molecule has 8 heterocycles. The molecule has 12 atom stereocenters. The van der Waals surface area contributed by atoms with Gasteiger partial charge in [-0.25, -0.2) is 0 Å². The van der Waals surface area contributed by atoms with E-state index < -0.39 is 0 Å². The minimum atomic E-state index is -0.257. The Morgan fingerprint density at radius 1 is 1.12 bits per heavy atom. The van der Waals surface area contributed by atoms with Crippen LogP contribution >= 0.6 is 0 Å². The Kier molecular flexibility index (Phi) is 6.39. The predicted molar refractivity (Wildman–Crippen MR) is 190 cm³/mol. The van der Waals surface area contributed by atoms with E-state index in [0.717, 1.165) is 43.5 Å². The minimum Gasteiger partial charge on any atom is -0.496 e. The van der Waals surface area contributed by atoms with Gasteiger partial charge >= 0.3 is 0 Å². The van der Waals surface area contributed by atoms with Crippen molar-refractivity contribution in [2.75, 3.05) is 45.9 Å². The SMILES string of the molecule is C/C=C1\CN2[C@H]3C[C@@]45c6c(ccc(OC)c6C[C@H](C(C)=O)[C@@H]6C[C@@H]7c8[nH]c9ccccc9c8[C@H](C[C@@H]6CO)N7C)N(C)[C@H]4[C@@H]2C[C@@H]1[C@@]35CO. The molecule has 1 aromatic heterocycles. The number of fused-ring (bicyclic) bond motifs is 9.